The molecule has 0 fully saturated rings. The standard InChI is InChI=1S/C74H58BN3S/c1-5-6-23-52-43-71-60(59-32-18-21-37-70(59)79-71)47-66(52)77-65-41-38-51(48-24-10-7-11-25-48)42-62(65)75-61-40-39-54(76-63-35-19-16-30-57(63)58-31-17-20-36-64(58)76)46-67(61)78(69-45-53(74(2,3)4)44-68(77)72(69)75)73-55(49-26-12-8-13-27-49)33-22-34-56(73)50-28-14-9-15-29-50/h7-22,24-47H,5-6,23H2,1-4H3. The highest BCUT2D eigenvalue weighted by molar-refractivity contribution is 7.25. The summed E-state index contributed by atoms with van der Waals surface area (Å²) >= 11 is 1.92. The smallest absolute Gasteiger partial charge is 0.252 e. The van der Waals surface area contributed by atoms with E-state index >= 15 is 0 Å². The van der Waals surface area contributed by atoms with Gasteiger partial charge in [-0.2, -0.15) is 0 Å². The monoisotopic (exact) mass is 1030 g/mol. The van der Waals surface area contributed by atoms with Gasteiger partial charge in [0.05, 0.1) is 16.7 Å². The first kappa shape index (κ1) is 47.3. The molecule has 0 bridgehead atoms. The van der Waals surface area contributed by atoms with Crippen molar-refractivity contribution in [1.29, 1.82) is 0 Å². The molecule has 15 rings (SSSR count). The fourth-order valence-electron chi connectivity index (χ4n) is 13.1. The Labute approximate surface area is 467 Å². The number of rotatable bonds is 9. The molecule has 2 aromatic heterocycles. The van der Waals surface area contributed by atoms with E-state index in [1.807, 2.05) is 11.3 Å². The summed E-state index contributed by atoms with van der Waals surface area (Å²) in [5.74, 6) is 0. The summed E-state index contributed by atoms with van der Waals surface area (Å²) in [6.07, 6.45) is 3.21. The van der Waals surface area contributed by atoms with Crippen molar-refractivity contribution in [3.05, 3.63) is 254 Å². The van der Waals surface area contributed by atoms with Crippen LogP contribution in [0, 0.1) is 0 Å². The fraction of sp³-hybridized carbons (Fsp3) is 0.108. The number of hydrogen-bond acceptors (Lipinski definition) is 3. The highest BCUT2D eigenvalue weighted by atomic mass is 32.1. The van der Waals surface area contributed by atoms with Crippen molar-refractivity contribution >= 4 is 111 Å². The summed E-state index contributed by atoms with van der Waals surface area (Å²) in [4.78, 5) is 5.39. The number of hydrogen-bond donors (Lipinski definition) is 0. The predicted octanol–water partition coefficient (Wildman–Crippen LogP) is 18.9. The minimum absolute atomic E-state index is 0.110. The van der Waals surface area contributed by atoms with E-state index in [1.165, 1.54) is 131 Å². The maximum Gasteiger partial charge on any atom is 0.252 e. The van der Waals surface area contributed by atoms with Gasteiger partial charge in [0.25, 0.3) is 6.71 Å². The van der Waals surface area contributed by atoms with Crippen LogP contribution in [0.15, 0.2) is 243 Å². The Morgan fingerprint density at radius 3 is 1.66 bits per heavy atom. The third-order valence-corrected chi connectivity index (χ3v) is 18.0. The quantitative estimate of drug-likeness (QED) is 0.134. The van der Waals surface area contributed by atoms with E-state index in [0.717, 1.165) is 30.6 Å². The molecule has 0 N–H and O–H groups in total. The van der Waals surface area contributed by atoms with Gasteiger partial charge in [-0.3, -0.25) is 0 Å². The van der Waals surface area contributed by atoms with Crippen molar-refractivity contribution in [3.63, 3.8) is 0 Å². The van der Waals surface area contributed by atoms with E-state index in [2.05, 4.69) is 285 Å². The summed E-state index contributed by atoms with van der Waals surface area (Å²) in [6, 6.07) is 91.8. The van der Waals surface area contributed by atoms with Crippen molar-refractivity contribution in [2.75, 3.05) is 9.80 Å². The molecule has 4 heterocycles. The molecule has 13 aromatic rings. The molecule has 0 aliphatic carbocycles. The summed E-state index contributed by atoms with van der Waals surface area (Å²) in [7, 11) is 0. The third kappa shape index (κ3) is 7.62. The van der Waals surface area contributed by atoms with E-state index in [-0.39, 0.29) is 12.1 Å². The van der Waals surface area contributed by atoms with Crippen molar-refractivity contribution in [1.82, 2.24) is 4.57 Å². The molecule has 0 unspecified atom stereocenters. The zero-order valence-corrected chi connectivity index (χ0v) is 45.9. The third-order valence-electron chi connectivity index (χ3n) is 16.9. The molecule has 0 saturated heterocycles. The van der Waals surface area contributed by atoms with E-state index in [1.54, 1.807) is 0 Å². The van der Waals surface area contributed by atoms with Crippen LogP contribution in [0.1, 0.15) is 51.7 Å². The van der Waals surface area contributed by atoms with Crippen LogP contribution in [-0.2, 0) is 11.8 Å². The number of unbranched alkanes of at least 4 members (excludes halogenated alkanes) is 1. The summed E-state index contributed by atoms with van der Waals surface area (Å²) in [5, 5.41) is 5.13. The summed E-state index contributed by atoms with van der Waals surface area (Å²) < 4.78 is 5.16. The van der Waals surface area contributed by atoms with Gasteiger partial charge in [-0.25, -0.2) is 0 Å². The Bertz CT molecular complexity index is 4420. The maximum atomic E-state index is 2.70. The maximum absolute atomic E-state index is 2.70. The highest BCUT2D eigenvalue weighted by Gasteiger charge is 2.45. The van der Waals surface area contributed by atoms with Crippen molar-refractivity contribution in [3.8, 4) is 39.1 Å². The molecule has 378 valence electrons. The molecule has 0 spiro atoms. The van der Waals surface area contributed by atoms with Crippen LogP contribution in [0.3, 0.4) is 0 Å². The van der Waals surface area contributed by atoms with Gasteiger partial charge in [0.1, 0.15) is 0 Å². The average Bonchev–Trinajstić information content (AvgIpc) is 4.08. The van der Waals surface area contributed by atoms with Gasteiger partial charge < -0.3 is 14.4 Å². The predicted molar refractivity (Wildman–Crippen MR) is 341 cm³/mol. The van der Waals surface area contributed by atoms with Gasteiger partial charge in [0, 0.05) is 76.2 Å². The number of benzene rings is 11. The zero-order valence-electron chi connectivity index (χ0n) is 45.0. The molecule has 0 saturated carbocycles. The first-order valence-electron chi connectivity index (χ1n) is 28.1. The van der Waals surface area contributed by atoms with Crippen LogP contribution in [0.5, 0.6) is 0 Å². The molecular weight excluding hydrogens is 974 g/mol. The fourth-order valence-corrected chi connectivity index (χ4v) is 14.3. The van der Waals surface area contributed by atoms with E-state index in [0.29, 0.717) is 0 Å². The molecule has 11 aromatic carbocycles. The summed E-state index contributed by atoms with van der Waals surface area (Å²) in [6.45, 7) is 9.37. The van der Waals surface area contributed by atoms with E-state index in [4.69, 9.17) is 0 Å². The Hall–Kier alpha value is -8.90. The minimum Gasteiger partial charge on any atom is -0.311 e. The van der Waals surface area contributed by atoms with Crippen LogP contribution in [-0.4, -0.2) is 11.3 Å². The summed E-state index contributed by atoms with van der Waals surface area (Å²) in [5.41, 5.74) is 24.3. The van der Waals surface area contributed by atoms with Gasteiger partial charge in [-0.1, -0.05) is 216 Å². The largest absolute Gasteiger partial charge is 0.311 e. The number of anilines is 6. The molecule has 0 amide bonds. The molecule has 5 heteroatoms. The van der Waals surface area contributed by atoms with Crippen molar-refractivity contribution in [2.24, 2.45) is 0 Å². The van der Waals surface area contributed by atoms with Gasteiger partial charge in [-0.15, -0.1) is 11.3 Å². The molecule has 3 nitrogen and oxygen atoms in total. The van der Waals surface area contributed by atoms with Crippen LogP contribution < -0.4 is 26.2 Å². The highest BCUT2D eigenvalue weighted by Crippen LogP contribution is 2.53. The molecule has 2 aliphatic rings. The van der Waals surface area contributed by atoms with Crippen LogP contribution in [0.2, 0.25) is 0 Å². The number of nitrogens with zero attached hydrogens (tertiary/aromatic N) is 3. The van der Waals surface area contributed by atoms with Crippen LogP contribution in [0.25, 0.3) is 81.0 Å². The second kappa shape index (κ2) is 18.6. The molecule has 0 radical (unpaired) electrons. The van der Waals surface area contributed by atoms with Crippen LogP contribution in [0.4, 0.5) is 34.1 Å². The van der Waals surface area contributed by atoms with Crippen molar-refractivity contribution < 1.29 is 0 Å². The van der Waals surface area contributed by atoms with E-state index < -0.39 is 0 Å². The number of aromatic nitrogens is 1. The lowest BCUT2D eigenvalue weighted by molar-refractivity contribution is 0.590. The Kier molecular flexibility index (Phi) is 11.2. The molecular formula is C74H58BN3S. The Balaban J connectivity index is 1.11. The van der Waals surface area contributed by atoms with Gasteiger partial charge in [0.15, 0.2) is 0 Å². The van der Waals surface area contributed by atoms with Gasteiger partial charge in [0.2, 0.25) is 0 Å². The van der Waals surface area contributed by atoms with Crippen LogP contribution >= 0.6 is 11.3 Å². The number of fused-ring (bicyclic) bond motifs is 10. The Morgan fingerprint density at radius 1 is 0.418 bits per heavy atom. The van der Waals surface area contributed by atoms with E-state index in [9.17, 15) is 0 Å². The topological polar surface area (TPSA) is 11.4 Å². The Morgan fingerprint density at radius 2 is 1.01 bits per heavy atom. The zero-order chi connectivity index (χ0) is 52.9. The first-order valence-corrected chi connectivity index (χ1v) is 28.9. The average molecular weight is 1030 g/mol. The van der Waals surface area contributed by atoms with Gasteiger partial charge in [-0.05, 0) is 129 Å². The second-order valence-corrected chi connectivity index (χ2v) is 23.7. The minimum atomic E-state index is -0.208. The molecule has 79 heavy (non-hydrogen) atoms. The number of para-hydroxylation sites is 3. The molecule has 2 aliphatic heterocycles. The number of aryl methyl sites for hydroxylation is 1. The SMILES string of the molecule is CCCCc1cc2sc3ccccc3c2cc1N1c2ccc(-c3ccccc3)cc2B2c3ccc(-n4c5ccccc5c5ccccc54)cc3N(c3c(-c4ccccc4)cccc3-c3ccccc3)c3cc(C(C)(C)C)cc1c32. The lowest BCUT2D eigenvalue weighted by atomic mass is 9.33. The normalized spacial score (nSPS) is 12.9. The second-order valence-electron chi connectivity index (χ2n) is 22.6. The lowest BCUT2D eigenvalue weighted by Crippen LogP contribution is -2.61. The van der Waals surface area contributed by atoms with Crippen molar-refractivity contribution in [2.45, 2.75) is 52.4 Å². The van der Waals surface area contributed by atoms with Gasteiger partial charge >= 0.3 is 0 Å². The first-order chi connectivity index (χ1) is 38.8. The lowest BCUT2D eigenvalue weighted by Gasteiger charge is -2.46. The number of thiophene rings is 1. The molecule has 0 atom stereocenters.